The van der Waals surface area contributed by atoms with Crippen LogP contribution in [0.3, 0.4) is 0 Å². The summed E-state index contributed by atoms with van der Waals surface area (Å²) in [4.78, 5) is 16.7. The van der Waals surface area contributed by atoms with E-state index >= 15 is 0 Å². The minimum atomic E-state index is -4.50. The van der Waals surface area contributed by atoms with Crippen molar-refractivity contribution in [3.63, 3.8) is 0 Å². The summed E-state index contributed by atoms with van der Waals surface area (Å²) in [6, 6.07) is 11.0. The van der Waals surface area contributed by atoms with Crippen LogP contribution in [0.4, 0.5) is 13.2 Å². The van der Waals surface area contributed by atoms with Gasteiger partial charge in [0.1, 0.15) is 6.04 Å². The number of fused-ring (bicyclic) bond motifs is 1. The number of hydrogen-bond acceptors (Lipinski definition) is 5. The second kappa shape index (κ2) is 7.75. The SMILES string of the molecule is O=C(N[C@@H](CO)c1nc(-c2cccc(C(F)(F)F)c2)no1)C1=CCc2ccccc21. The van der Waals surface area contributed by atoms with Gasteiger partial charge in [0.15, 0.2) is 0 Å². The van der Waals surface area contributed by atoms with Gasteiger partial charge in [-0.3, -0.25) is 4.79 Å². The Hall–Kier alpha value is -3.46. The van der Waals surface area contributed by atoms with Crippen molar-refractivity contribution in [2.45, 2.75) is 18.6 Å². The average Bonchev–Trinajstić information content (AvgIpc) is 3.39. The molecule has 4 rings (SSSR count). The van der Waals surface area contributed by atoms with Crippen LogP contribution >= 0.6 is 0 Å². The van der Waals surface area contributed by atoms with E-state index in [1.165, 1.54) is 12.1 Å². The summed E-state index contributed by atoms with van der Waals surface area (Å²) in [6.07, 6.45) is -2.09. The summed E-state index contributed by atoms with van der Waals surface area (Å²) in [5.41, 5.74) is 1.57. The summed E-state index contributed by atoms with van der Waals surface area (Å²) >= 11 is 0. The van der Waals surface area contributed by atoms with E-state index in [1.807, 2.05) is 24.3 Å². The molecule has 154 valence electrons. The van der Waals surface area contributed by atoms with E-state index < -0.39 is 30.3 Å². The normalized spacial score (nSPS) is 14.2. The highest BCUT2D eigenvalue weighted by molar-refractivity contribution is 6.21. The molecule has 9 heteroatoms. The standard InChI is InChI=1S/C21H16F3N3O3/c22-21(23,24)14-6-3-5-13(10-14)18-26-20(30-27-18)17(11-28)25-19(29)16-9-8-12-4-1-2-7-15(12)16/h1-7,9-10,17,28H,8,11H2,(H,25,29)/t17-/m0/s1. The van der Waals surface area contributed by atoms with Crippen molar-refractivity contribution in [2.24, 2.45) is 0 Å². The number of aliphatic hydroxyl groups is 1. The molecule has 3 aromatic rings. The third kappa shape index (κ3) is 3.84. The molecule has 6 nitrogen and oxygen atoms in total. The molecule has 1 atom stereocenters. The molecule has 30 heavy (non-hydrogen) atoms. The fourth-order valence-corrected chi connectivity index (χ4v) is 3.25. The van der Waals surface area contributed by atoms with Crippen LogP contribution in [0.5, 0.6) is 0 Å². The highest BCUT2D eigenvalue weighted by atomic mass is 19.4. The van der Waals surface area contributed by atoms with Gasteiger partial charge in [-0.05, 0) is 29.7 Å². The van der Waals surface area contributed by atoms with Crippen LogP contribution in [0, 0.1) is 0 Å². The second-order valence-corrected chi connectivity index (χ2v) is 6.72. The monoisotopic (exact) mass is 415 g/mol. The highest BCUT2D eigenvalue weighted by Crippen LogP contribution is 2.32. The Morgan fingerprint density at radius 1 is 1.20 bits per heavy atom. The summed E-state index contributed by atoms with van der Waals surface area (Å²) in [5, 5.41) is 16.0. The molecule has 1 aliphatic carbocycles. The quantitative estimate of drug-likeness (QED) is 0.666. The molecule has 0 radical (unpaired) electrons. The average molecular weight is 415 g/mol. The van der Waals surface area contributed by atoms with Crippen LogP contribution in [0.1, 0.15) is 28.6 Å². The van der Waals surface area contributed by atoms with E-state index in [2.05, 4.69) is 15.5 Å². The van der Waals surface area contributed by atoms with Crippen molar-refractivity contribution in [3.05, 3.63) is 77.2 Å². The molecule has 1 aliphatic rings. The van der Waals surface area contributed by atoms with Crippen molar-refractivity contribution >= 4 is 11.5 Å². The molecule has 1 aromatic heterocycles. The minimum absolute atomic E-state index is 0.0748. The molecule has 2 N–H and O–H groups in total. The van der Waals surface area contributed by atoms with Gasteiger partial charge in [0.2, 0.25) is 5.82 Å². The molecular weight excluding hydrogens is 399 g/mol. The van der Waals surface area contributed by atoms with E-state index in [4.69, 9.17) is 4.52 Å². The third-order valence-corrected chi connectivity index (χ3v) is 4.75. The number of aliphatic hydroxyl groups excluding tert-OH is 1. The Bertz CT molecular complexity index is 1120. The van der Waals surface area contributed by atoms with Gasteiger partial charge in [0.05, 0.1) is 12.2 Å². The molecule has 0 unspecified atom stereocenters. The first kappa shape index (κ1) is 19.8. The summed E-state index contributed by atoms with van der Waals surface area (Å²) in [6.45, 7) is -0.523. The second-order valence-electron chi connectivity index (χ2n) is 6.72. The van der Waals surface area contributed by atoms with Crippen molar-refractivity contribution < 1.29 is 27.6 Å². The zero-order valence-corrected chi connectivity index (χ0v) is 15.5. The predicted molar refractivity (Wildman–Crippen MR) is 101 cm³/mol. The van der Waals surface area contributed by atoms with Crippen LogP contribution in [0.25, 0.3) is 17.0 Å². The van der Waals surface area contributed by atoms with Gasteiger partial charge in [-0.1, -0.05) is 47.6 Å². The molecule has 0 saturated heterocycles. The van der Waals surface area contributed by atoms with Crippen LogP contribution in [0.2, 0.25) is 0 Å². The maximum Gasteiger partial charge on any atom is 0.416 e. The lowest BCUT2D eigenvalue weighted by Crippen LogP contribution is -2.31. The highest BCUT2D eigenvalue weighted by Gasteiger charge is 2.31. The number of benzene rings is 2. The number of allylic oxidation sites excluding steroid dienone is 1. The number of rotatable bonds is 5. The van der Waals surface area contributed by atoms with Crippen molar-refractivity contribution in [1.29, 1.82) is 0 Å². The van der Waals surface area contributed by atoms with Crippen molar-refractivity contribution in [1.82, 2.24) is 15.5 Å². The van der Waals surface area contributed by atoms with E-state index in [-0.39, 0.29) is 17.3 Å². The first-order chi connectivity index (χ1) is 14.4. The fraction of sp³-hybridized carbons (Fsp3) is 0.190. The van der Waals surface area contributed by atoms with E-state index in [1.54, 1.807) is 6.08 Å². The van der Waals surface area contributed by atoms with Gasteiger partial charge in [-0.25, -0.2) is 0 Å². The third-order valence-electron chi connectivity index (χ3n) is 4.75. The largest absolute Gasteiger partial charge is 0.416 e. The summed E-state index contributed by atoms with van der Waals surface area (Å²) in [5.74, 6) is -0.600. The number of halogens is 3. The maximum atomic E-state index is 12.9. The molecule has 1 amide bonds. The topological polar surface area (TPSA) is 88.2 Å². The van der Waals surface area contributed by atoms with E-state index in [0.717, 1.165) is 23.3 Å². The molecule has 0 fully saturated rings. The van der Waals surface area contributed by atoms with Gasteiger partial charge < -0.3 is 14.9 Å². The number of nitrogens with one attached hydrogen (secondary N) is 1. The fourth-order valence-electron chi connectivity index (χ4n) is 3.25. The molecule has 1 heterocycles. The maximum absolute atomic E-state index is 12.9. The molecule has 0 bridgehead atoms. The predicted octanol–water partition coefficient (Wildman–Crippen LogP) is 3.54. The molecule has 2 aromatic carbocycles. The molecule has 0 spiro atoms. The molecule has 0 aliphatic heterocycles. The summed E-state index contributed by atoms with van der Waals surface area (Å²) in [7, 11) is 0. The zero-order chi connectivity index (χ0) is 21.3. The Kier molecular flexibility index (Phi) is 5.13. The van der Waals surface area contributed by atoms with Gasteiger partial charge >= 0.3 is 6.18 Å². The lowest BCUT2D eigenvalue weighted by atomic mass is 10.1. The van der Waals surface area contributed by atoms with Gasteiger partial charge in [0, 0.05) is 11.1 Å². The zero-order valence-electron chi connectivity index (χ0n) is 15.5. The lowest BCUT2D eigenvalue weighted by Gasteiger charge is -2.13. The summed E-state index contributed by atoms with van der Waals surface area (Å²) < 4.78 is 43.8. The Balaban J connectivity index is 1.53. The van der Waals surface area contributed by atoms with E-state index in [9.17, 15) is 23.1 Å². The lowest BCUT2D eigenvalue weighted by molar-refractivity contribution is -0.137. The number of aromatic nitrogens is 2. The smallest absolute Gasteiger partial charge is 0.394 e. The first-order valence-corrected chi connectivity index (χ1v) is 9.08. The van der Waals surface area contributed by atoms with Crippen LogP contribution in [-0.2, 0) is 17.4 Å². The number of nitrogens with zero attached hydrogens (tertiary/aromatic N) is 2. The number of carbonyl (C=O) groups excluding carboxylic acids is 1. The molecular formula is C21H16F3N3O3. The van der Waals surface area contributed by atoms with Crippen LogP contribution < -0.4 is 5.32 Å². The van der Waals surface area contributed by atoms with Crippen LogP contribution in [0.15, 0.2) is 59.1 Å². The van der Waals surface area contributed by atoms with Gasteiger partial charge in [-0.2, -0.15) is 18.2 Å². The van der Waals surface area contributed by atoms with E-state index in [0.29, 0.717) is 12.0 Å². The van der Waals surface area contributed by atoms with Gasteiger partial charge in [-0.15, -0.1) is 0 Å². The van der Waals surface area contributed by atoms with Crippen molar-refractivity contribution in [3.8, 4) is 11.4 Å². The Morgan fingerprint density at radius 2 is 2.00 bits per heavy atom. The molecule has 0 saturated carbocycles. The number of alkyl halides is 3. The first-order valence-electron chi connectivity index (χ1n) is 9.08. The Morgan fingerprint density at radius 3 is 2.77 bits per heavy atom. The number of amides is 1. The Labute approximate surface area is 169 Å². The number of carbonyl (C=O) groups is 1. The van der Waals surface area contributed by atoms with Gasteiger partial charge in [0.25, 0.3) is 11.8 Å². The number of hydrogen-bond donors (Lipinski definition) is 2. The minimum Gasteiger partial charge on any atom is -0.394 e. The van der Waals surface area contributed by atoms with Crippen molar-refractivity contribution in [2.75, 3.05) is 6.61 Å². The van der Waals surface area contributed by atoms with Crippen LogP contribution in [-0.4, -0.2) is 27.8 Å².